The lowest BCUT2D eigenvalue weighted by Crippen LogP contribution is -2.48. The highest BCUT2D eigenvalue weighted by Gasteiger charge is 2.38. The number of anilines is 1. The van der Waals surface area contributed by atoms with E-state index >= 15 is 0 Å². The van der Waals surface area contributed by atoms with Gasteiger partial charge in [-0.05, 0) is 50.1 Å². The van der Waals surface area contributed by atoms with Crippen LogP contribution in [0.3, 0.4) is 0 Å². The number of carbonyl (C=O) groups excluding carboxylic acids is 2. The van der Waals surface area contributed by atoms with Crippen LogP contribution in [0.25, 0.3) is 10.9 Å². The molecule has 1 aromatic heterocycles. The summed E-state index contributed by atoms with van der Waals surface area (Å²) in [6.07, 6.45) is 0.412. The van der Waals surface area contributed by atoms with Gasteiger partial charge in [0.15, 0.2) is 0 Å². The van der Waals surface area contributed by atoms with Crippen molar-refractivity contribution in [2.45, 2.75) is 32.7 Å². The quantitative estimate of drug-likeness (QED) is 0.622. The Hall–Kier alpha value is -2.99. The fourth-order valence-electron chi connectivity index (χ4n) is 3.62. The van der Waals surface area contributed by atoms with Crippen molar-refractivity contribution in [1.29, 1.82) is 0 Å². The molecule has 0 bridgehead atoms. The van der Waals surface area contributed by atoms with Crippen LogP contribution in [0.15, 0.2) is 47.3 Å². The number of benzene rings is 2. The summed E-state index contributed by atoms with van der Waals surface area (Å²) < 4.78 is 1.40. The molecule has 2 amide bonds. The van der Waals surface area contributed by atoms with E-state index < -0.39 is 11.9 Å². The molecule has 2 aromatic carbocycles. The predicted octanol–water partition coefficient (Wildman–Crippen LogP) is 3.56. The summed E-state index contributed by atoms with van der Waals surface area (Å²) >= 11 is 6.18. The van der Waals surface area contributed by atoms with Crippen molar-refractivity contribution in [3.63, 3.8) is 0 Å². The third kappa shape index (κ3) is 2.90. The Kier molecular flexibility index (Phi) is 4.51. The molecule has 0 aliphatic carbocycles. The Bertz CT molecular complexity index is 1190. The number of para-hydroxylation sites is 1. The van der Waals surface area contributed by atoms with E-state index in [0.29, 0.717) is 27.4 Å². The highest BCUT2D eigenvalue weighted by atomic mass is 35.5. The zero-order valence-corrected chi connectivity index (χ0v) is 16.2. The molecule has 3 aromatic rings. The molecule has 0 radical (unpaired) electrons. The van der Waals surface area contributed by atoms with Gasteiger partial charge in [0.05, 0.1) is 16.6 Å². The normalized spacial score (nSPS) is 17.4. The molecule has 28 heavy (non-hydrogen) atoms. The monoisotopic (exact) mass is 395 g/mol. The van der Waals surface area contributed by atoms with Gasteiger partial charge in [0.25, 0.3) is 11.5 Å². The number of imide groups is 1. The molecule has 1 atom stereocenters. The van der Waals surface area contributed by atoms with Crippen molar-refractivity contribution < 1.29 is 9.59 Å². The first-order valence-corrected chi connectivity index (χ1v) is 9.37. The average molecular weight is 396 g/mol. The van der Waals surface area contributed by atoms with Crippen LogP contribution in [0.4, 0.5) is 5.69 Å². The van der Waals surface area contributed by atoms with Crippen molar-refractivity contribution in [2.24, 2.45) is 0 Å². The number of hydrogen-bond acceptors (Lipinski definition) is 4. The Balaban J connectivity index is 1.82. The maximum Gasteiger partial charge on any atom is 0.262 e. The maximum absolute atomic E-state index is 13.2. The second-order valence-corrected chi connectivity index (χ2v) is 7.31. The number of amides is 2. The number of hydrogen-bond donors (Lipinski definition) is 0. The first-order valence-electron chi connectivity index (χ1n) is 8.99. The Morgan fingerprint density at radius 3 is 2.57 bits per heavy atom. The van der Waals surface area contributed by atoms with Gasteiger partial charge >= 0.3 is 0 Å². The van der Waals surface area contributed by atoms with E-state index in [4.69, 9.17) is 11.6 Å². The molecule has 0 spiro atoms. The molecule has 0 N–H and O–H groups in total. The highest BCUT2D eigenvalue weighted by Crippen LogP contribution is 2.31. The molecule has 4 rings (SSSR count). The number of carbonyl (C=O) groups is 2. The van der Waals surface area contributed by atoms with Gasteiger partial charge in [-0.3, -0.25) is 19.0 Å². The van der Waals surface area contributed by atoms with Gasteiger partial charge in [-0.2, -0.15) is 0 Å². The van der Waals surface area contributed by atoms with Crippen LogP contribution < -0.4 is 10.5 Å². The predicted molar refractivity (Wildman–Crippen MR) is 108 cm³/mol. The van der Waals surface area contributed by atoms with Gasteiger partial charge < -0.3 is 0 Å². The minimum Gasteiger partial charge on any atom is -0.284 e. The molecule has 1 aliphatic rings. The van der Waals surface area contributed by atoms with Crippen molar-refractivity contribution in [3.8, 4) is 0 Å². The number of aromatic nitrogens is 2. The van der Waals surface area contributed by atoms with Crippen LogP contribution in [-0.2, 0) is 9.59 Å². The second kappa shape index (κ2) is 6.87. The highest BCUT2D eigenvalue weighted by molar-refractivity contribution is 6.32. The number of halogens is 1. The van der Waals surface area contributed by atoms with Crippen molar-refractivity contribution in [2.75, 3.05) is 4.90 Å². The first-order chi connectivity index (χ1) is 13.4. The zero-order valence-electron chi connectivity index (χ0n) is 15.5. The third-order valence-electron chi connectivity index (χ3n) is 5.10. The summed E-state index contributed by atoms with van der Waals surface area (Å²) in [5.74, 6) is -0.308. The smallest absolute Gasteiger partial charge is 0.262 e. The lowest BCUT2D eigenvalue weighted by molar-refractivity contribution is -0.131. The van der Waals surface area contributed by atoms with Crippen LogP contribution in [-0.4, -0.2) is 21.4 Å². The van der Waals surface area contributed by atoms with Gasteiger partial charge in [-0.25, -0.2) is 9.88 Å². The zero-order chi connectivity index (χ0) is 20.0. The molecular formula is C21H18ClN3O3. The molecule has 142 valence electrons. The molecule has 1 saturated heterocycles. The summed E-state index contributed by atoms with van der Waals surface area (Å²) in [4.78, 5) is 44.4. The van der Waals surface area contributed by atoms with E-state index in [0.717, 1.165) is 10.5 Å². The van der Waals surface area contributed by atoms with E-state index in [2.05, 4.69) is 4.98 Å². The van der Waals surface area contributed by atoms with Gasteiger partial charge in [-0.15, -0.1) is 0 Å². The van der Waals surface area contributed by atoms with Gasteiger partial charge in [0, 0.05) is 11.4 Å². The fourth-order valence-corrected chi connectivity index (χ4v) is 3.80. The Morgan fingerprint density at radius 2 is 1.82 bits per heavy atom. The number of rotatable bonds is 2. The Morgan fingerprint density at radius 1 is 1.07 bits per heavy atom. The first kappa shape index (κ1) is 18.4. The van der Waals surface area contributed by atoms with Crippen LogP contribution in [0.1, 0.15) is 30.3 Å². The topological polar surface area (TPSA) is 72.3 Å². The lowest BCUT2D eigenvalue weighted by atomic mass is 10.0. The fraction of sp³-hybridized carbons (Fsp3) is 0.238. The summed E-state index contributed by atoms with van der Waals surface area (Å²) in [6.45, 7) is 3.54. The van der Waals surface area contributed by atoms with E-state index in [9.17, 15) is 14.4 Å². The minimum atomic E-state index is -0.789. The van der Waals surface area contributed by atoms with Crippen molar-refractivity contribution in [3.05, 3.63) is 69.2 Å². The van der Waals surface area contributed by atoms with Gasteiger partial charge in [0.2, 0.25) is 5.91 Å². The molecule has 1 aliphatic heterocycles. The van der Waals surface area contributed by atoms with Crippen LogP contribution in [0.2, 0.25) is 5.02 Å². The van der Waals surface area contributed by atoms with E-state index in [1.807, 2.05) is 13.0 Å². The molecule has 6 nitrogen and oxygen atoms in total. The number of piperidine rings is 1. The third-order valence-corrected chi connectivity index (χ3v) is 5.50. The van der Waals surface area contributed by atoms with Crippen molar-refractivity contribution in [1.82, 2.24) is 9.55 Å². The average Bonchev–Trinajstić information content (AvgIpc) is 2.66. The number of aryl methyl sites for hydroxylation is 2. The van der Waals surface area contributed by atoms with Crippen molar-refractivity contribution >= 4 is 40.0 Å². The molecule has 1 unspecified atom stereocenters. The maximum atomic E-state index is 13.2. The van der Waals surface area contributed by atoms with E-state index in [1.54, 1.807) is 43.3 Å². The van der Waals surface area contributed by atoms with Crippen LogP contribution in [0.5, 0.6) is 0 Å². The molecule has 0 saturated carbocycles. The van der Waals surface area contributed by atoms with Gasteiger partial charge in [0.1, 0.15) is 11.9 Å². The Labute approximate surface area is 166 Å². The molecule has 2 heterocycles. The standard InChI is InChI=1S/C21H18ClN3O3/c1-12-7-8-14(11-16(12)22)25-19(26)10-9-18(21(25)28)24-13(2)23-17-6-4-3-5-15(17)20(24)27/h3-8,11,18H,9-10H2,1-2H3. The summed E-state index contributed by atoms with van der Waals surface area (Å²) in [5, 5.41) is 0.920. The number of fused-ring (bicyclic) bond motifs is 1. The largest absolute Gasteiger partial charge is 0.284 e. The summed E-state index contributed by atoms with van der Waals surface area (Å²) in [5.41, 5.74) is 1.57. The molecule has 1 fully saturated rings. The summed E-state index contributed by atoms with van der Waals surface area (Å²) in [7, 11) is 0. The number of nitrogens with zero attached hydrogens (tertiary/aromatic N) is 3. The summed E-state index contributed by atoms with van der Waals surface area (Å²) in [6, 6.07) is 11.3. The lowest BCUT2D eigenvalue weighted by Gasteiger charge is -2.32. The van der Waals surface area contributed by atoms with Crippen LogP contribution in [0, 0.1) is 13.8 Å². The van der Waals surface area contributed by atoms with Gasteiger partial charge in [-0.1, -0.05) is 29.8 Å². The minimum absolute atomic E-state index is 0.153. The van der Waals surface area contributed by atoms with E-state index in [-0.39, 0.29) is 24.3 Å². The van der Waals surface area contributed by atoms with E-state index in [1.165, 1.54) is 4.57 Å². The molecule has 7 heteroatoms. The van der Waals surface area contributed by atoms with Crippen LogP contribution >= 0.6 is 11.6 Å². The SMILES string of the molecule is Cc1ccc(N2C(=O)CCC(n3c(C)nc4ccccc4c3=O)C2=O)cc1Cl. The second-order valence-electron chi connectivity index (χ2n) is 6.91. The molecular weight excluding hydrogens is 378 g/mol.